The Bertz CT molecular complexity index is 949. The van der Waals surface area contributed by atoms with E-state index in [0.717, 1.165) is 24.8 Å². The summed E-state index contributed by atoms with van der Waals surface area (Å²) in [6, 6.07) is 6.47. The zero-order valence-corrected chi connectivity index (χ0v) is 16.5. The fraction of sp³-hybridized carbons (Fsp3) is 0.389. The van der Waals surface area contributed by atoms with Gasteiger partial charge >= 0.3 is 0 Å². The van der Waals surface area contributed by atoms with Crippen LogP contribution in [0.2, 0.25) is 5.02 Å². The van der Waals surface area contributed by atoms with E-state index in [4.69, 9.17) is 11.6 Å². The first-order valence-electron chi connectivity index (χ1n) is 8.61. The molecule has 1 aromatic heterocycles. The lowest BCUT2D eigenvalue weighted by Crippen LogP contribution is -2.35. The fourth-order valence-electron chi connectivity index (χ4n) is 3.50. The van der Waals surface area contributed by atoms with E-state index in [2.05, 4.69) is 0 Å². The summed E-state index contributed by atoms with van der Waals surface area (Å²) < 4.78 is 27.0. The van der Waals surface area contributed by atoms with Crippen LogP contribution < -0.4 is 0 Å². The molecule has 3 heterocycles. The lowest BCUT2D eigenvalue weighted by atomic mass is 10.1. The van der Waals surface area contributed by atoms with Crippen molar-refractivity contribution in [3.05, 3.63) is 50.7 Å². The first-order chi connectivity index (χ1) is 12.5. The smallest absolute Gasteiger partial charge is 0.255 e. The van der Waals surface area contributed by atoms with Crippen molar-refractivity contribution in [2.45, 2.75) is 30.7 Å². The van der Waals surface area contributed by atoms with Gasteiger partial charge in [-0.1, -0.05) is 11.6 Å². The maximum absolute atomic E-state index is 13.0. The summed E-state index contributed by atoms with van der Waals surface area (Å²) in [7, 11) is -3.58. The number of fused-ring (bicyclic) bond motifs is 1. The van der Waals surface area contributed by atoms with Gasteiger partial charge in [0.25, 0.3) is 5.91 Å². The molecule has 8 heteroatoms. The summed E-state index contributed by atoms with van der Waals surface area (Å²) in [5.74, 6) is -0.217. The van der Waals surface area contributed by atoms with Gasteiger partial charge < -0.3 is 4.90 Å². The minimum atomic E-state index is -3.58. The van der Waals surface area contributed by atoms with Gasteiger partial charge in [-0.05, 0) is 54.5 Å². The van der Waals surface area contributed by atoms with Gasteiger partial charge in [0.15, 0.2) is 0 Å². The average Bonchev–Trinajstić information content (AvgIpc) is 3.32. The molecule has 0 saturated carbocycles. The number of amides is 1. The summed E-state index contributed by atoms with van der Waals surface area (Å²) in [6.07, 6.45) is 2.56. The van der Waals surface area contributed by atoms with E-state index >= 15 is 0 Å². The van der Waals surface area contributed by atoms with Crippen molar-refractivity contribution >= 4 is 38.9 Å². The highest BCUT2D eigenvalue weighted by Crippen LogP contribution is 2.29. The van der Waals surface area contributed by atoms with E-state index in [1.54, 1.807) is 16.2 Å². The van der Waals surface area contributed by atoms with Crippen molar-refractivity contribution < 1.29 is 13.2 Å². The summed E-state index contributed by atoms with van der Waals surface area (Å²) in [5, 5.41) is 2.32. The Morgan fingerprint density at radius 1 is 1.12 bits per heavy atom. The molecule has 1 fully saturated rings. The number of sulfonamides is 1. The maximum atomic E-state index is 13.0. The van der Waals surface area contributed by atoms with Gasteiger partial charge in [-0.15, -0.1) is 11.3 Å². The van der Waals surface area contributed by atoms with E-state index in [-0.39, 0.29) is 21.4 Å². The van der Waals surface area contributed by atoms with Crippen molar-refractivity contribution in [1.29, 1.82) is 0 Å². The molecule has 26 heavy (non-hydrogen) atoms. The second-order valence-corrected chi connectivity index (χ2v) is 9.94. The molecule has 1 amide bonds. The van der Waals surface area contributed by atoms with Crippen molar-refractivity contribution in [3.63, 3.8) is 0 Å². The van der Waals surface area contributed by atoms with Crippen LogP contribution in [0.25, 0.3) is 0 Å². The molecule has 2 aliphatic heterocycles. The van der Waals surface area contributed by atoms with Gasteiger partial charge in [-0.3, -0.25) is 4.79 Å². The molecule has 2 aromatic rings. The SMILES string of the molecule is O=C(c1cc(S(=O)(=O)N2CCCC2)ccc1Cl)N1CCc2sccc2C1. The van der Waals surface area contributed by atoms with Crippen LogP contribution in [-0.4, -0.2) is 43.2 Å². The highest BCUT2D eigenvalue weighted by molar-refractivity contribution is 7.89. The second kappa shape index (κ2) is 6.96. The molecule has 1 aromatic carbocycles. The third-order valence-corrected chi connectivity index (χ3v) is 8.21. The fourth-order valence-corrected chi connectivity index (χ4v) is 6.13. The molecule has 0 N–H and O–H groups in total. The first-order valence-corrected chi connectivity index (χ1v) is 11.3. The molecule has 5 nitrogen and oxygen atoms in total. The number of thiophene rings is 1. The number of hydrogen-bond acceptors (Lipinski definition) is 4. The standard InChI is InChI=1S/C18H19ClN2O3S2/c19-16-4-3-14(26(23,24)21-7-1-2-8-21)11-15(16)18(22)20-9-5-17-13(12-20)6-10-25-17/h3-4,6,10-11H,1-2,5,7-9,12H2. The Morgan fingerprint density at radius 3 is 2.65 bits per heavy atom. The van der Waals surface area contributed by atoms with E-state index in [1.807, 2.05) is 11.4 Å². The molecule has 0 aliphatic carbocycles. The normalized spacial score (nSPS) is 18.1. The molecule has 2 aliphatic rings. The number of rotatable bonds is 3. The van der Waals surface area contributed by atoms with E-state index in [9.17, 15) is 13.2 Å². The second-order valence-electron chi connectivity index (χ2n) is 6.60. The zero-order chi connectivity index (χ0) is 18.3. The van der Waals surface area contributed by atoms with Gasteiger partial charge in [-0.2, -0.15) is 4.31 Å². The molecular weight excluding hydrogens is 392 g/mol. The van der Waals surface area contributed by atoms with Crippen LogP contribution >= 0.6 is 22.9 Å². The molecule has 0 bridgehead atoms. The van der Waals surface area contributed by atoms with Crippen molar-refractivity contribution in [3.8, 4) is 0 Å². The average molecular weight is 411 g/mol. The van der Waals surface area contributed by atoms with Crippen molar-refractivity contribution in [2.75, 3.05) is 19.6 Å². The molecule has 0 radical (unpaired) electrons. The molecule has 4 rings (SSSR count). The number of hydrogen-bond donors (Lipinski definition) is 0. The van der Waals surface area contributed by atoms with Crippen LogP contribution in [0.1, 0.15) is 33.6 Å². The van der Waals surface area contributed by atoms with Crippen LogP contribution in [0.15, 0.2) is 34.5 Å². The van der Waals surface area contributed by atoms with Crippen LogP contribution in [0.5, 0.6) is 0 Å². The third kappa shape index (κ3) is 3.17. The number of nitrogens with zero attached hydrogens (tertiary/aromatic N) is 2. The number of carbonyl (C=O) groups is 1. The predicted octanol–water partition coefficient (Wildman–Crippen LogP) is 3.38. The molecule has 1 saturated heterocycles. The van der Waals surface area contributed by atoms with Gasteiger partial charge in [0.2, 0.25) is 10.0 Å². The minimum Gasteiger partial charge on any atom is -0.334 e. The van der Waals surface area contributed by atoms with E-state index in [0.29, 0.717) is 26.2 Å². The largest absolute Gasteiger partial charge is 0.334 e. The van der Waals surface area contributed by atoms with E-state index < -0.39 is 10.0 Å². The van der Waals surface area contributed by atoms with Crippen LogP contribution in [0, 0.1) is 0 Å². The lowest BCUT2D eigenvalue weighted by Gasteiger charge is -2.27. The van der Waals surface area contributed by atoms with Crippen LogP contribution in [0.4, 0.5) is 0 Å². The monoisotopic (exact) mass is 410 g/mol. The Balaban J connectivity index is 1.63. The molecule has 138 valence electrons. The molecular formula is C18H19ClN2O3S2. The van der Waals surface area contributed by atoms with Gasteiger partial charge in [0, 0.05) is 31.1 Å². The first kappa shape index (κ1) is 18.0. The van der Waals surface area contributed by atoms with Gasteiger partial charge in [-0.25, -0.2) is 8.42 Å². The Morgan fingerprint density at radius 2 is 1.88 bits per heavy atom. The van der Waals surface area contributed by atoms with Gasteiger partial charge in [0.1, 0.15) is 0 Å². The Labute approximate surface area is 162 Å². The highest BCUT2D eigenvalue weighted by atomic mass is 35.5. The van der Waals surface area contributed by atoms with E-state index in [1.165, 1.54) is 27.4 Å². The lowest BCUT2D eigenvalue weighted by molar-refractivity contribution is 0.0736. The molecule has 0 atom stereocenters. The summed E-state index contributed by atoms with van der Waals surface area (Å²) in [5.41, 5.74) is 1.41. The third-order valence-electron chi connectivity index (χ3n) is 4.97. The number of halogens is 1. The topological polar surface area (TPSA) is 57.7 Å². The van der Waals surface area contributed by atoms with Crippen LogP contribution in [0.3, 0.4) is 0 Å². The number of benzene rings is 1. The Kier molecular flexibility index (Phi) is 4.81. The quantitative estimate of drug-likeness (QED) is 0.779. The Hall–Kier alpha value is -1.41. The number of carbonyl (C=O) groups excluding carboxylic acids is 1. The van der Waals surface area contributed by atoms with Crippen molar-refractivity contribution in [2.24, 2.45) is 0 Å². The summed E-state index contributed by atoms with van der Waals surface area (Å²) in [4.78, 5) is 16.2. The zero-order valence-electron chi connectivity index (χ0n) is 14.2. The minimum absolute atomic E-state index is 0.139. The van der Waals surface area contributed by atoms with Crippen LogP contribution in [-0.2, 0) is 23.0 Å². The predicted molar refractivity (Wildman–Crippen MR) is 102 cm³/mol. The summed E-state index contributed by atoms with van der Waals surface area (Å²) in [6.45, 7) is 2.21. The molecule has 0 unspecified atom stereocenters. The highest BCUT2D eigenvalue weighted by Gasteiger charge is 2.30. The molecule has 0 spiro atoms. The maximum Gasteiger partial charge on any atom is 0.255 e. The summed E-state index contributed by atoms with van der Waals surface area (Å²) >= 11 is 7.95. The van der Waals surface area contributed by atoms with Gasteiger partial charge in [0.05, 0.1) is 15.5 Å². The van der Waals surface area contributed by atoms with Crippen molar-refractivity contribution in [1.82, 2.24) is 9.21 Å².